The number of hydrogen-bond acceptors (Lipinski definition) is 4. The number of nitrogens with two attached hydrogens (primary N) is 1. The van der Waals surface area contributed by atoms with Crippen LogP contribution < -0.4 is 5.73 Å². The Bertz CT molecular complexity index is 437. The third-order valence-electron chi connectivity index (χ3n) is 3.20. The van der Waals surface area contributed by atoms with E-state index in [-0.39, 0.29) is 5.97 Å². The second-order valence-electron chi connectivity index (χ2n) is 5.30. The molecule has 0 spiro atoms. The molecule has 1 aromatic heterocycles. The number of thiophene rings is 1. The van der Waals surface area contributed by atoms with E-state index in [1.165, 1.54) is 17.7 Å². The van der Waals surface area contributed by atoms with E-state index < -0.39 is 0 Å². The summed E-state index contributed by atoms with van der Waals surface area (Å²) >= 11 is 1.57. The average Bonchev–Trinajstić information content (AvgIpc) is 2.49. The van der Waals surface area contributed by atoms with Crippen molar-refractivity contribution < 1.29 is 9.53 Å². The zero-order valence-corrected chi connectivity index (χ0v) is 11.9. The van der Waals surface area contributed by atoms with E-state index in [9.17, 15) is 4.79 Å². The van der Waals surface area contributed by atoms with Crippen molar-refractivity contribution in [1.82, 2.24) is 0 Å². The number of fused-ring (bicyclic) bond motifs is 1. The van der Waals surface area contributed by atoms with Gasteiger partial charge in [-0.1, -0.05) is 20.3 Å². The predicted octanol–water partition coefficient (Wildman–Crippen LogP) is 3.41. The Morgan fingerprint density at radius 3 is 2.78 bits per heavy atom. The van der Waals surface area contributed by atoms with Crippen molar-refractivity contribution in [3.8, 4) is 0 Å². The normalized spacial score (nSPS) is 15.3. The molecule has 0 saturated carbocycles. The van der Waals surface area contributed by atoms with Crippen molar-refractivity contribution in [1.29, 1.82) is 0 Å². The highest BCUT2D eigenvalue weighted by atomic mass is 32.1. The van der Waals surface area contributed by atoms with E-state index in [0.29, 0.717) is 23.1 Å². The lowest BCUT2D eigenvalue weighted by molar-refractivity contribution is 0.0459. The zero-order valence-electron chi connectivity index (χ0n) is 11.1. The molecule has 1 aliphatic rings. The monoisotopic (exact) mass is 267 g/mol. The number of hydrogen-bond donors (Lipinski definition) is 1. The van der Waals surface area contributed by atoms with Crippen LogP contribution in [-0.4, -0.2) is 12.6 Å². The summed E-state index contributed by atoms with van der Waals surface area (Å²) in [6.07, 6.45) is 5.61. The molecule has 2 rings (SSSR count). The molecule has 0 amide bonds. The fraction of sp³-hybridized carbons (Fsp3) is 0.643. The molecule has 0 radical (unpaired) electrons. The number of aryl methyl sites for hydroxylation is 1. The minimum absolute atomic E-state index is 0.236. The van der Waals surface area contributed by atoms with Gasteiger partial charge in [0.2, 0.25) is 0 Å². The highest BCUT2D eigenvalue weighted by Crippen LogP contribution is 2.35. The average molecular weight is 267 g/mol. The summed E-state index contributed by atoms with van der Waals surface area (Å²) in [5.41, 5.74) is 7.80. The van der Waals surface area contributed by atoms with Gasteiger partial charge in [0.05, 0.1) is 12.2 Å². The minimum Gasteiger partial charge on any atom is -0.462 e. The van der Waals surface area contributed by atoms with Crippen molar-refractivity contribution in [3.05, 3.63) is 16.0 Å². The lowest BCUT2D eigenvalue weighted by Gasteiger charge is -2.08. The molecule has 3 nitrogen and oxygen atoms in total. The first-order valence-electron chi connectivity index (χ1n) is 6.66. The molecule has 0 atom stereocenters. The van der Waals surface area contributed by atoms with Crippen LogP contribution in [0.2, 0.25) is 0 Å². The summed E-state index contributed by atoms with van der Waals surface area (Å²) in [5.74, 6) is 0.119. The molecule has 0 fully saturated rings. The van der Waals surface area contributed by atoms with Gasteiger partial charge in [-0.3, -0.25) is 0 Å². The summed E-state index contributed by atoms with van der Waals surface area (Å²) in [5, 5.41) is 0.635. The Balaban J connectivity index is 2.21. The molecule has 4 heteroatoms. The number of carbonyl (C=O) groups is 1. The van der Waals surface area contributed by atoms with Gasteiger partial charge in [0, 0.05) is 4.88 Å². The van der Waals surface area contributed by atoms with Crippen molar-refractivity contribution in [3.63, 3.8) is 0 Å². The number of anilines is 1. The molecule has 0 bridgehead atoms. The lowest BCUT2D eigenvalue weighted by Crippen LogP contribution is -2.12. The van der Waals surface area contributed by atoms with Crippen LogP contribution in [-0.2, 0) is 17.6 Å². The summed E-state index contributed by atoms with van der Waals surface area (Å²) < 4.78 is 5.32. The van der Waals surface area contributed by atoms with E-state index in [1.54, 1.807) is 11.3 Å². The molecule has 0 saturated heterocycles. The number of carbonyl (C=O) groups excluding carboxylic acids is 1. The first kappa shape index (κ1) is 13.4. The number of nitrogen functional groups attached to an aromatic ring is 1. The van der Waals surface area contributed by atoms with Crippen LogP contribution in [0.5, 0.6) is 0 Å². The van der Waals surface area contributed by atoms with Gasteiger partial charge in [-0.05, 0) is 37.2 Å². The maximum Gasteiger partial charge on any atom is 0.341 e. The molecule has 0 aromatic carbocycles. The van der Waals surface area contributed by atoms with Crippen LogP contribution >= 0.6 is 11.3 Å². The molecular weight excluding hydrogens is 246 g/mol. The molecule has 100 valence electrons. The van der Waals surface area contributed by atoms with Crippen LogP contribution in [0, 0.1) is 5.92 Å². The smallest absolute Gasteiger partial charge is 0.341 e. The van der Waals surface area contributed by atoms with Crippen LogP contribution in [0.3, 0.4) is 0 Å². The maximum absolute atomic E-state index is 12.1. The molecule has 1 heterocycles. The molecule has 1 aromatic rings. The SMILES string of the molecule is CC(C)COC(=O)c1c(N)sc2c1CCCCC2. The standard InChI is InChI=1S/C14H21NO2S/c1-9(2)8-17-14(16)12-10-6-4-3-5-7-11(10)18-13(12)15/h9H,3-8,15H2,1-2H3. The van der Waals surface area contributed by atoms with E-state index >= 15 is 0 Å². The Morgan fingerprint density at radius 2 is 2.06 bits per heavy atom. The van der Waals surface area contributed by atoms with Crippen molar-refractivity contribution in [2.24, 2.45) is 5.92 Å². The third kappa shape index (κ3) is 2.86. The van der Waals surface area contributed by atoms with Gasteiger partial charge in [0.25, 0.3) is 0 Å². The highest BCUT2D eigenvalue weighted by Gasteiger charge is 2.24. The van der Waals surface area contributed by atoms with Gasteiger partial charge in [-0.25, -0.2) is 4.79 Å². The molecular formula is C14H21NO2S. The maximum atomic E-state index is 12.1. The lowest BCUT2D eigenvalue weighted by atomic mass is 10.1. The second kappa shape index (κ2) is 5.74. The van der Waals surface area contributed by atoms with Gasteiger partial charge in [-0.2, -0.15) is 0 Å². The van der Waals surface area contributed by atoms with Crippen LogP contribution in [0.25, 0.3) is 0 Å². The van der Waals surface area contributed by atoms with Crippen molar-refractivity contribution in [2.75, 3.05) is 12.3 Å². The van der Waals surface area contributed by atoms with Crippen LogP contribution in [0.1, 0.15) is 53.9 Å². The Morgan fingerprint density at radius 1 is 1.33 bits per heavy atom. The Hall–Kier alpha value is -1.03. The van der Waals surface area contributed by atoms with E-state index in [4.69, 9.17) is 10.5 Å². The molecule has 0 unspecified atom stereocenters. The molecule has 18 heavy (non-hydrogen) atoms. The Labute approximate surface area is 112 Å². The fourth-order valence-corrected chi connectivity index (χ4v) is 3.45. The summed E-state index contributed by atoms with van der Waals surface area (Å²) in [7, 11) is 0. The quantitative estimate of drug-likeness (QED) is 0.674. The highest BCUT2D eigenvalue weighted by molar-refractivity contribution is 7.16. The molecule has 1 aliphatic carbocycles. The number of esters is 1. The number of ether oxygens (including phenoxy) is 1. The minimum atomic E-state index is -0.236. The zero-order chi connectivity index (χ0) is 13.1. The Kier molecular flexibility index (Phi) is 4.27. The summed E-state index contributed by atoms with van der Waals surface area (Å²) in [4.78, 5) is 13.4. The topological polar surface area (TPSA) is 52.3 Å². The molecule has 2 N–H and O–H groups in total. The largest absolute Gasteiger partial charge is 0.462 e. The summed E-state index contributed by atoms with van der Waals surface area (Å²) in [6, 6.07) is 0. The molecule has 0 aliphatic heterocycles. The number of rotatable bonds is 3. The second-order valence-corrected chi connectivity index (χ2v) is 6.43. The fourth-order valence-electron chi connectivity index (χ4n) is 2.30. The van der Waals surface area contributed by atoms with E-state index in [2.05, 4.69) is 0 Å². The van der Waals surface area contributed by atoms with Gasteiger partial charge < -0.3 is 10.5 Å². The first-order valence-corrected chi connectivity index (χ1v) is 7.48. The van der Waals surface area contributed by atoms with Gasteiger partial charge in [0.1, 0.15) is 5.00 Å². The van der Waals surface area contributed by atoms with Crippen molar-refractivity contribution >= 4 is 22.3 Å². The van der Waals surface area contributed by atoms with Gasteiger partial charge in [0.15, 0.2) is 0 Å². The first-order chi connectivity index (χ1) is 8.59. The predicted molar refractivity (Wildman–Crippen MR) is 75.1 cm³/mol. The van der Waals surface area contributed by atoms with Crippen LogP contribution in [0.15, 0.2) is 0 Å². The van der Waals surface area contributed by atoms with Gasteiger partial charge in [-0.15, -0.1) is 11.3 Å². The third-order valence-corrected chi connectivity index (χ3v) is 4.32. The van der Waals surface area contributed by atoms with Crippen molar-refractivity contribution in [2.45, 2.75) is 46.0 Å². The van der Waals surface area contributed by atoms with Crippen LogP contribution in [0.4, 0.5) is 5.00 Å². The van der Waals surface area contributed by atoms with E-state index in [0.717, 1.165) is 24.8 Å². The summed E-state index contributed by atoms with van der Waals surface area (Å²) in [6.45, 7) is 4.53. The van der Waals surface area contributed by atoms with E-state index in [1.807, 2.05) is 13.8 Å². The van der Waals surface area contributed by atoms with Gasteiger partial charge >= 0.3 is 5.97 Å².